The molecule has 1 amide bonds. The number of carbonyl (C=O) groups excluding carboxylic acids is 2. The molecule has 0 saturated carbocycles. The van der Waals surface area contributed by atoms with E-state index in [2.05, 4.69) is 31.3 Å². The predicted octanol–water partition coefficient (Wildman–Crippen LogP) is 17.5. The molecule has 0 aromatic rings. The Morgan fingerprint density at radius 2 is 0.734 bits per heavy atom. The summed E-state index contributed by atoms with van der Waals surface area (Å²) < 4.78 is 5.42. The number of hydrogen-bond acceptors (Lipinski definition) is 5. The van der Waals surface area contributed by atoms with Crippen molar-refractivity contribution in [3.05, 3.63) is 24.3 Å². The van der Waals surface area contributed by atoms with E-state index in [9.17, 15) is 19.8 Å². The van der Waals surface area contributed by atoms with Crippen LogP contribution in [0, 0.1) is 0 Å². The number of hydrogen-bond donors (Lipinski definition) is 3. The van der Waals surface area contributed by atoms with Gasteiger partial charge in [0, 0.05) is 12.8 Å². The topological polar surface area (TPSA) is 95.9 Å². The van der Waals surface area contributed by atoms with Gasteiger partial charge in [-0.05, 0) is 57.8 Å². The van der Waals surface area contributed by atoms with Crippen molar-refractivity contribution in [2.45, 2.75) is 321 Å². The summed E-state index contributed by atoms with van der Waals surface area (Å²) in [5.41, 5.74) is 0. The van der Waals surface area contributed by atoms with Gasteiger partial charge in [-0.1, -0.05) is 263 Å². The molecule has 6 nitrogen and oxygen atoms in total. The van der Waals surface area contributed by atoms with Crippen LogP contribution in [0.2, 0.25) is 0 Å². The highest BCUT2D eigenvalue weighted by Crippen LogP contribution is 2.17. The normalized spacial score (nSPS) is 12.8. The van der Waals surface area contributed by atoms with Gasteiger partial charge in [0.1, 0.15) is 0 Å². The molecule has 2 unspecified atom stereocenters. The van der Waals surface area contributed by atoms with Crippen molar-refractivity contribution in [1.82, 2.24) is 5.32 Å². The first-order valence-corrected chi connectivity index (χ1v) is 28.6. The lowest BCUT2D eigenvalue weighted by Crippen LogP contribution is -2.45. The first kappa shape index (κ1) is 62.3. The molecular formula is C58H111NO5. The third kappa shape index (κ3) is 49.8. The molecule has 0 fully saturated rings. The van der Waals surface area contributed by atoms with Crippen LogP contribution in [0.5, 0.6) is 0 Å². The van der Waals surface area contributed by atoms with Gasteiger partial charge in [0.15, 0.2) is 0 Å². The number of aliphatic hydroxyl groups excluding tert-OH is 2. The van der Waals surface area contributed by atoms with E-state index in [1.807, 2.05) is 6.08 Å². The van der Waals surface area contributed by atoms with Crippen LogP contribution in [0.15, 0.2) is 24.3 Å². The van der Waals surface area contributed by atoms with Gasteiger partial charge in [0.05, 0.1) is 25.4 Å². The molecular weight excluding hydrogens is 791 g/mol. The molecule has 0 aliphatic rings. The van der Waals surface area contributed by atoms with Crippen LogP contribution in [0.1, 0.15) is 309 Å². The summed E-state index contributed by atoms with van der Waals surface area (Å²) in [4.78, 5) is 24.4. The van der Waals surface area contributed by atoms with E-state index in [-0.39, 0.29) is 18.5 Å². The largest absolute Gasteiger partial charge is 0.466 e. The fraction of sp³-hybridized carbons (Fsp3) is 0.897. The smallest absolute Gasteiger partial charge is 0.305 e. The molecule has 6 heteroatoms. The zero-order chi connectivity index (χ0) is 46.5. The number of allylic oxidation sites excluding steroid dienone is 3. The number of rotatable bonds is 53. The SMILES string of the molecule is CCCCCCCCCCCCCCCCCCCCCCCCC/C=C/C(O)C(CO)NC(=O)CCCCCCC/C=C\CCCCOC(=O)CCCCCCCCCCCCC. The van der Waals surface area contributed by atoms with E-state index in [4.69, 9.17) is 4.74 Å². The van der Waals surface area contributed by atoms with E-state index in [0.717, 1.165) is 83.5 Å². The molecule has 0 aromatic carbocycles. The molecule has 0 saturated heterocycles. The summed E-state index contributed by atoms with van der Waals surface area (Å²) in [5, 5.41) is 23.2. The first-order valence-electron chi connectivity index (χ1n) is 28.6. The number of ether oxygens (including phenoxy) is 1. The highest BCUT2D eigenvalue weighted by atomic mass is 16.5. The third-order valence-electron chi connectivity index (χ3n) is 13.2. The quantitative estimate of drug-likeness (QED) is 0.0321. The minimum absolute atomic E-state index is 0.0327. The maximum atomic E-state index is 12.5. The highest BCUT2D eigenvalue weighted by molar-refractivity contribution is 5.76. The van der Waals surface area contributed by atoms with Crippen molar-refractivity contribution in [2.24, 2.45) is 0 Å². The van der Waals surface area contributed by atoms with Crippen molar-refractivity contribution in [1.29, 1.82) is 0 Å². The second-order valence-corrected chi connectivity index (χ2v) is 19.6. The Labute approximate surface area is 399 Å². The predicted molar refractivity (Wildman–Crippen MR) is 278 cm³/mol. The fourth-order valence-electron chi connectivity index (χ4n) is 8.81. The van der Waals surface area contributed by atoms with Gasteiger partial charge in [-0.15, -0.1) is 0 Å². The highest BCUT2D eigenvalue weighted by Gasteiger charge is 2.18. The van der Waals surface area contributed by atoms with Crippen LogP contribution >= 0.6 is 0 Å². The fourth-order valence-corrected chi connectivity index (χ4v) is 8.81. The standard InChI is InChI=1S/C58H111NO5/c1-3-5-7-9-11-13-15-16-17-18-19-20-21-22-23-24-25-26-27-28-31-34-38-42-46-50-56(61)55(54-60)59-57(62)51-47-43-39-35-32-29-33-37-41-45-49-53-64-58(63)52-48-44-40-36-30-14-12-10-8-6-4-2/h33,37,46,50,55-56,60-61H,3-32,34-36,38-45,47-49,51-54H2,1-2H3,(H,59,62)/b37-33-,50-46+. The van der Waals surface area contributed by atoms with Crippen LogP contribution in [0.4, 0.5) is 0 Å². The van der Waals surface area contributed by atoms with Crippen LogP contribution in [-0.2, 0) is 14.3 Å². The summed E-state index contributed by atoms with van der Waals surface area (Å²) >= 11 is 0. The number of aliphatic hydroxyl groups is 2. The molecule has 0 radical (unpaired) electrons. The van der Waals surface area contributed by atoms with Gasteiger partial charge in [-0.2, -0.15) is 0 Å². The van der Waals surface area contributed by atoms with E-state index < -0.39 is 12.1 Å². The van der Waals surface area contributed by atoms with E-state index in [1.165, 1.54) is 199 Å². The number of nitrogens with one attached hydrogen (secondary N) is 1. The third-order valence-corrected chi connectivity index (χ3v) is 13.2. The lowest BCUT2D eigenvalue weighted by Gasteiger charge is -2.20. The van der Waals surface area contributed by atoms with Crippen molar-refractivity contribution in [2.75, 3.05) is 13.2 Å². The van der Waals surface area contributed by atoms with Gasteiger partial charge in [0.2, 0.25) is 5.91 Å². The number of amides is 1. The second-order valence-electron chi connectivity index (χ2n) is 19.6. The summed E-state index contributed by atoms with van der Waals surface area (Å²) in [6, 6.07) is -0.649. The molecule has 0 aromatic heterocycles. The summed E-state index contributed by atoms with van der Waals surface area (Å²) in [6.45, 7) is 4.84. The molecule has 0 rings (SSSR count). The zero-order valence-electron chi connectivity index (χ0n) is 43.0. The maximum Gasteiger partial charge on any atom is 0.305 e. The monoisotopic (exact) mass is 902 g/mol. The molecule has 0 aliphatic carbocycles. The zero-order valence-corrected chi connectivity index (χ0v) is 43.0. The lowest BCUT2D eigenvalue weighted by molar-refractivity contribution is -0.143. The lowest BCUT2D eigenvalue weighted by atomic mass is 10.0. The van der Waals surface area contributed by atoms with Gasteiger partial charge in [-0.3, -0.25) is 9.59 Å². The van der Waals surface area contributed by atoms with Crippen LogP contribution in [0.25, 0.3) is 0 Å². The van der Waals surface area contributed by atoms with Gasteiger partial charge < -0.3 is 20.3 Å². The van der Waals surface area contributed by atoms with Gasteiger partial charge in [0.25, 0.3) is 0 Å². The Hall–Kier alpha value is -1.66. The van der Waals surface area contributed by atoms with Crippen molar-refractivity contribution in [3.63, 3.8) is 0 Å². The molecule has 0 bridgehead atoms. The first-order chi connectivity index (χ1) is 31.5. The van der Waals surface area contributed by atoms with Crippen LogP contribution in [0.3, 0.4) is 0 Å². The Bertz CT molecular complexity index is 997. The summed E-state index contributed by atoms with van der Waals surface area (Å²) in [6.07, 6.45) is 64.9. The molecule has 3 N–H and O–H groups in total. The van der Waals surface area contributed by atoms with Crippen molar-refractivity contribution >= 4 is 11.9 Å². The van der Waals surface area contributed by atoms with Gasteiger partial charge >= 0.3 is 5.97 Å². The second kappa shape index (κ2) is 54.0. The number of unbranched alkanes of at least 4 members (excludes halogenated alkanes) is 40. The molecule has 0 aliphatic heterocycles. The number of esters is 1. The number of carbonyl (C=O) groups is 2. The van der Waals surface area contributed by atoms with E-state index in [0.29, 0.717) is 19.4 Å². The molecule has 378 valence electrons. The van der Waals surface area contributed by atoms with Gasteiger partial charge in [-0.25, -0.2) is 0 Å². The van der Waals surface area contributed by atoms with Crippen molar-refractivity contribution in [3.8, 4) is 0 Å². The van der Waals surface area contributed by atoms with Crippen LogP contribution < -0.4 is 5.32 Å². The van der Waals surface area contributed by atoms with E-state index in [1.54, 1.807) is 6.08 Å². The van der Waals surface area contributed by atoms with E-state index >= 15 is 0 Å². The average Bonchev–Trinajstić information content (AvgIpc) is 3.29. The van der Waals surface area contributed by atoms with Crippen molar-refractivity contribution < 1.29 is 24.5 Å². The maximum absolute atomic E-state index is 12.5. The summed E-state index contributed by atoms with van der Waals surface area (Å²) in [7, 11) is 0. The molecule has 64 heavy (non-hydrogen) atoms. The Kier molecular flexibility index (Phi) is 52.6. The Balaban J connectivity index is 3.53. The van der Waals surface area contributed by atoms with Crippen LogP contribution in [-0.4, -0.2) is 47.4 Å². The Morgan fingerprint density at radius 1 is 0.422 bits per heavy atom. The molecule has 0 heterocycles. The summed E-state index contributed by atoms with van der Waals surface area (Å²) in [5.74, 6) is -0.127. The minimum atomic E-state index is -0.863. The average molecular weight is 903 g/mol. The Morgan fingerprint density at radius 3 is 1.11 bits per heavy atom. The molecule has 0 spiro atoms. The minimum Gasteiger partial charge on any atom is -0.466 e. The molecule has 2 atom stereocenters.